The number of unbranched alkanes of at least 4 members (excludes halogenated alkanes) is 3. The first-order chi connectivity index (χ1) is 12.2. The summed E-state index contributed by atoms with van der Waals surface area (Å²) < 4.78 is 23.4. The number of aromatic nitrogens is 3. The molecule has 0 aliphatic carbocycles. The van der Waals surface area contributed by atoms with Crippen LogP contribution in [-0.2, 0) is 32.6 Å². The summed E-state index contributed by atoms with van der Waals surface area (Å²) in [4.78, 5) is 22.1. The number of amides is 1. The Morgan fingerprint density at radius 1 is 1.27 bits per heavy atom. The molecule has 0 spiro atoms. The molecule has 1 amide bonds. The van der Waals surface area contributed by atoms with Crippen molar-refractivity contribution in [2.75, 3.05) is 5.75 Å². The number of nitrogens with two attached hydrogens (primary N) is 1. The smallest absolute Gasteiger partial charge is 0.325 e. The van der Waals surface area contributed by atoms with Crippen molar-refractivity contribution in [3.63, 3.8) is 0 Å². The number of aliphatic carboxylic acids is 1. The van der Waals surface area contributed by atoms with Crippen LogP contribution in [0.4, 0.5) is 0 Å². The lowest BCUT2D eigenvalue weighted by molar-refractivity contribution is -0.141. The zero-order valence-corrected chi connectivity index (χ0v) is 15.7. The number of nitrogens with zero attached hydrogens (tertiary/aromatic N) is 3. The highest BCUT2D eigenvalue weighted by atomic mass is 32.2. The zero-order valence-electron chi connectivity index (χ0n) is 14.9. The number of hydrogen-bond donors (Lipinski definition) is 3. The van der Waals surface area contributed by atoms with Gasteiger partial charge in [0, 0.05) is 19.2 Å². The Bertz CT molecular complexity index is 688. The summed E-state index contributed by atoms with van der Waals surface area (Å²) in [6, 6.07) is -0.867. The van der Waals surface area contributed by atoms with Gasteiger partial charge in [-0.05, 0) is 32.6 Å². The molecule has 148 valence electrons. The summed E-state index contributed by atoms with van der Waals surface area (Å²) in [5.74, 6) is -1.37. The normalized spacial score (nSPS) is 12.7. The van der Waals surface area contributed by atoms with Crippen molar-refractivity contribution in [3.8, 4) is 0 Å². The van der Waals surface area contributed by atoms with Crippen molar-refractivity contribution in [1.82, 2.24) is 20.3 Å². The van der Waals surface area contributed by atoms with Crippen LogP contribution in [0, 0.1) is 0 Å². The molecule has 0 bridgehead atoms. The number of hydrogen-bond acceptors (Lipinski definition) is 6. The molecule has 1 aromatic rings. The maximum Gasteiger partial charge on any atom is 0.325 e. The first-order valence-corrected chi connectivity index (χ1v) is 10.3. The van der Waals surface area contributed by atoms with E-state index in [-0.39, 0.29) is 11.7 Å². The van der Waals surface area contributed by atoms with Crippen LogP contribution in [0.15, 0.2) is 6.20 Å². The van der Waals surface area contributed by atoms with E-state index in [1.54, 1.807) is 10.9 Å². The van der Waals surface area contributed by atoms with Gasteiger partial charge in [-0.15, -0.1) is 5.10 Å². The third kappa shape index (κ3) is 10.1. The van der Waals surface area contributed by atoms with Gasteiger partial charge in [-0.3, -0.25) is 14.3 Å². The lowest BCUT2D eigenvalue weighted by Crippen LogP contribution is -2.38. The van der Waals surface area contributed by atoms with Crippen LogP contribution in [0.25, 0.3) is 0 Å². The zero-order chi connectivity index (χ0) is 19.6. The molecule has 0 saturated heterocycles. The van der Waals surface area contributed by atoms with Gasteiger partial charge in [0.1, 0.15) is 6.04 Å². The van der Waals surface area contributed by atoms with Crippen molar-refractivity contribution >= 4 is 21.9 Å². The van der Waals surface area contributed by atoms with Crippen LogP contribution in [0.2, 0.25) is 0 Å². The standard InChI is InChI=1S/C15H27N5O5S/c1-12(15(22)23)17-14(21)8-4-2-3-5-9-20-11-13(18-19-20)7-6-10-26(16,24)25/h11-12H,2-10H2,1H3,(H,17,21)(H,22,23)(H2,16,24,25)/t12-/m1/s1. The minimum atomic E-state index is -3.44. The van der Waals surface area contributed by atoms with Crippen LogP contribution < -0.4 is 10.5 Å². The topological polar surface area (TPSA) is 157 Å². The molecule has 1 atom stereocenters. The number of carbonyl (C=O) groups excluding carboxylic acids is 1. The van der Waals surface area contributed by atoms with Crippen LogP contribution in [0.5, 0.6) is 0 Å². The van der Waals surface area contributed by atoms with E-state index in [0.717, 1.165) is 25.0 Å². The van der Waals surface area contributed by atoms with E-state index < -0.39 is 22.0 Å². The summed E-state index contributed by atoms with van der Waals surface area (Å²) in [5, 5.41) is 24.1. The van der Waals surface area contributed by atoms with Gasteiger partial charge < -0.3 is 10.4 Å². The Kier molecular flexibility index (Phi) is 9.21. The van der Waals surface area contributed by atoms with Gasteiger partial charge in [0.2, 0.25) is 15.9 Å². The van der Waals surface area contributed by atoms with Gasteiger partial charge in [-0.1, -0.05) is 18.1 Å². The van der Waals surface area contributed by atoms with Crippen LogP contribution in [-0.4, -0.2) is 52.2 Å². The Labute approximate surface area is 153 Å². The molecule has 1 rings (SSSR count). The molecule has 4 N–H and O–H groups in total. The van der Waals surface area contributed by atoms with E-state index in [2.05, 4.69) is 15.6 Å². The number of carboxylic acid groups (broad SMARTS) is 1. The fourth-order valence-corrected chi connectivity index (χ4v) is 2.85. The van der Waals surface area contributed by atoms with Crippen molar-refractivity contribution in [1.29, 1.82) is 0 Å². The van der Waals surface area contributed by atoms with Crippen LogP contribution >= 0.6 is 0 Å². The Balaban J connectivity index is 2.11. The average Bonchev–Trinajstić information content (AvgIpc) is 2.97. The molecule has 10 nitrogen and oxygen atoms in total. The van der Waals surface area contributed by atoms with Crippen molar-refractivity contribution in [2.45, 2.75) is 64.5 Å². The van der Waals surface area contributed by atoms with Gasteiger partial charge in [0.05, 0.1) is 11.4 Å². The Hall–Kier alpha value is -2.01. The maximum absolute atomic E-state index is 11.5. The third-order valence-corrected chi connectivity index (χ3v) is 4.59. The second-order valence-corrected chi connectivity index (χ2v) is 7.97. The quantitative estimate of drug-likeness (QED) is 0.402. The molecule has 26 heavy (non-hydrogen) atoms. The first kappa shape index (κ1) is 22.0. The van der Waals surface area contributed by atoms with Gasteiger partial charge in [-0.25, -0.2) is 13.6 Å². The van der Waals surface area contributed by atoms with Crippen LogP contribution in [0.3, 0.4) is 0 Å². The lowest BCUT2D eigenvalue weighted by atomic mass is 10.1. The second kappa shape index (κ2) is 10.9. The molecular weight excluding hydrogens is 362 g/mol. The molecule has 0 unspecified atom stereocenters. The highest BCUT2D eigenvalue weighted by molar-refractivity contribution is 7.89. The molecular formula is C15H27N5O5S. The Morgan fingerprint density at radius 2 is 1.96 bits per heavy atom. The highest BCUT2D eigenvalue weighted by Crippen LogP contribution is 2.06. The monoisotopic (exact) mass is 389 g/mol. The largest absolute Gasteiger partial charge is 0.480 e. The van der Waals surface area contributed by atoms with E-state index in [0.29, 0.717) is 32.2 Å². The first-order valence-electron chi connectivity index (χ1n) is 8.59. The predicted molar refractivity (Wildman–Crippen MR) is 94.6 cm³/mol. The van der Waals surface area contributed by atoms with E-state index >= 15 is 0 Å². The summed E-state index contributed by atoms with van der Waals surface area (Å²) in [5.41, 5.74) is 0.734. The SMILES string of the molecule is C[C@@H](NC(=O)CCCCCCn1cc(CCCS(N)(=O)=O)nn1)C(=O)O. The number of primary sulfonamides is 1. The van der Waals surface area contributed by atoms with E-state index in [1.165, 1.54) is 6.92 Å². The second-order valence-electron chi connectivity index (χ2n) is 6.24. The molecule has 0 aliphatic rings. The molecule has 0 aromatic carbocycles. The molecule has 11 heteroatoms. The minimum Gasteiger partial charge on any atom is -0.480 e. The number of carbonyl (C=O) groups is 2. The lowest BCUT2D eigenvalue weighted by Gasteiger charge is -2.08. The van der Waals surface area contributed by atoms with Gasteiger partial charge in [0.15, 0.2) is 0 Å². The van der Waals surface area contributed by atoms with Crippen molar-refractivity contribution in [2.24, 2.45) is 5.14 Å². The predicted octanol–water partition coefficient (Wildman–Crippen LogP) is 0.0390. The van der Waals surface area contributed by atoms with E-state index in [9.17, 15) is 18.0 Å². The van der Waals surface area contributed by atoms with E-state index in [1.807, 2.05) is 0 Å². The summed E-state index contributed by atoms with van der Waals surface area (Å²) >= 11 is 0. The number of nitrogens with one attached hydrogen (secondary N) is 1. The average molecular weight is 389 g/mol. The van der Waals surface area contributed by atoms with Crippen molar-refractivity contribution < 1.29 is 23.1 Å². The Morgan fingerprint density at radius 3 is 2.62 bits per heavy atom. The number of rotatable bonds is 13. The highest BCUT2D eigenvalue weighted by Gasteiger charge is 2.13. The number of sulfonamides is 1. The summed E-state index contributed by atoms with van der Waals surface area (Å²) in [7, 11) is -3.44. The number of aryl methyl sites for hydroxylation is 2. The fraction of sp³-hybridized carbons (Fsp3) is 0.733. The summed E-state index contributed by atoms with van der Waals surface area (Å²) in [6.07, 6.45) is 6.41. The third-order valence-electron chi connectivity index (χ3n) is 3.74. The molecule has 0 saturated carbocycles. The van der Waals surface area contributed by atoms with Gasteiger partial charge in [-0.2, -0.15) is 0 Å². The minimum absolute atomic E-state index is 0.0708. The van der Waals surface area contributed by atoms with E-state index in [4.69, 9.17) is 10.2 Å². The van der Waals surface area contributed by atoms with Gasteiger partial charge >= 0.3 is 5.97 Å². The van der Waals surface area contributed by atoms with Gasteiger partial charge in [0.25, 0.3) is 0 Å². The molecule has 1 aromatic heterocycles. The van der Waals surface area contributed by atoms with Crippen molar-refractivity contribution in [3.05, 3.63) is 11.9 Å². The molecule has 1 heterocycles. The molecule has 0 fully saturated rings. The number of carboxylic acids is 1. The summed E-state index contributed by atoms with van der Waals surface area (Å²) in [6.45, 7) is 2.13. The fourth-order valence-electron chi connectivity index (χ4n) is 2.31. The van der Waals surface area contributed by atoms with Crippen LogP contribution in [0.1, 0.15) is 51.1 Å². The molecule has 0 radical (unpaired) electrons. The maximum atomic E-state index is 11.5. The molecule has 0 aliphatic heterocycles.